The molecule has 2 aromatic rings. The highest BCUT2D eigenvalue weighted by Gasteiger charge is 2.50. The van der Waals surface area contributed by atoms with Crippen LogP contribution in [0.4, 0.5) is 5.82 Å². The zero-order valence-corrected chi connectivity index (χ0v) is 20.5. The van der Waals surface area contributed by atoms with Gasteiger partial charge in [-0.25, -0.2) is 9.97 Å². The highest BCUT2D eigenvalue weighted by atomic mass is 16.6. The third-order valence-corrected chi connectivity index (χ3v) is 5.72. The quantitative estimate of drug-likeness (QED) is 0.319. The van der Waals surface area contributed by atoms with Crippen LogP contribution < -0.4 is 16.4 Å². The molecule has 2 amide bonds. The fourth-order valence-corrected chi connectivity index (χ4v) is 4.25. The lowest BCUT2D eigenvalue weighted by Gasteiger charge is -2.24. The van der Waals surface area contributed by atoms with Crippen LogP contribution in [0.1, 0.15) is 44.3 Å². The van der Waals surface area contributed by atoms with E-state index in [0.29, 0.717) is 0 Å². The third kappa shape index (κ3) is 5.29. The van der Waals surface area contributed by atoms with Crippen LogP contribution >= 0.6 is 0 Å². The van der Waals surface area contributed by atoms with Crippen LogP contribution in [0.2, 0.25) is 0 Å². The number of esters is 2. The van der Waals surface area contributed by atoms with Gasteiger partial charge in [0.2, 0.25) is 5.91 Å². The molecule has 0 radical (unpaired) electrons. The van der Waals surface area contributed by atoms with E-state index in [9.17, 15) is 24.3 Å². The average Bonchev–Trinajstić information content (AvgIpc) is 3.32. The Kier molecular flexibility index (Phi) is 8.22. The number of nitrogens with one attached hydrogen (secondary N) is 2. The highest BCUT2D eigenvalue weighted by molar-refractivity contribution is 6.11. The normalized spacial score (nSPS) is 22.4. The van der Waals surface area contributed by atoms with E-state index in [2.05, 4.69) is 20.6 Å². The molecule has 0 spiro atoms. The average molecular weight is 507 g/mol. The second-order valence-corrected chi connectivity index (χ2v) is 8.63. The van der Waals surface area contributed by atoms with Crippen molar-refractivity contribution in [1.82, 2.24) is 19.9 Å². The Balaban J connectivity index is 2.14. The molecule has 36 heavy (non-hydrogen) atoms. The Morgan fingerprint density at radius 2 is 1.81 bits per heavy atom. The standard InChI is InChI=1S/C22H30N6O8/c1-9(2)15(24-5)21(33)27-19-14-12(18(23)32)6-28(20(14)26-8-25-19)22-17(35-11(4)31)16(34-10(3)30)13(7-29)36-22/h6,8-9,13,15-17,22,24,29H,7H2,1-5H3,(H2,23,32)(H,25,26,27,33). The van der Waals surface area contributed by atoms with Crippen molar-refractivity contribution in [2.75, 3.05) is 19.0 Å². The molecule has 1 aliphatic rings. The maximum atomic E-state index is 12.9. The molecule has 0 aromatic carbocycles. The molecule has 1 fully saturated rings. The maximum absolute atomic E-state index is 12.9. The summed E-state index contributed by atoms with van der Waals surface area (Å²) in [4.78, 5) is 57.1. The lowest BCUT2D eigenvalue weighted by molar-refractivity contribution is -0.165. The summed E-state index contributed by atoms with van der Waals surface area (Å²) in [5, 5.41) is 15.6. The third-order valence-electron chi connectivity index (χ3n) is 5.72. The molecule has 0 aliphatic carbocycles. The van der Waals surface area contributed by atoms with E-state index in [0.717, 1.165) is 0 Å². The molecule has 2 aromatic heterocycles. The largest absolute Gasteiger partial charge is 0.456 e. The number of likely N-dealkylation sites (N-methyl/N-ethyl adjacent to an activating group) is 1. The summed E-state index contributed by atoms with van der Waals surface area (Å²) in [6.45, 7) is 5.52. The van der Waals surface area contributed by atoms with Gasteiger partial charge >= 0.3 is 11.9 Å². The fourth-order valence-electron chi connectivity index (χ4n) is 4.25. The van der Waals surface area contributed by atoms with Crippen molar-refractivity contribution in [2.24, 2.45) is 11.7 Å². The smallest absolute Gasteiger partial charge is 0.303 e. The number of primary amides is 1. The van der Waals surface area contributed by atoms with Crippen molar-refractivity contribution in [2.45, 2.75) is 58.3 Å². The second-order valence-electron chi connectivity index (χ2n) is 8.63. The van der Waals surface area contributed by atoms with Crippen LogP contribution in [0.25, 0.3) is 11.0 Å². The van der Waals surface area contributed by atoms with Crippen LogP contribution in [0.15, 0.2) is 12.5 Å². The summed E-state index contributed by atoms with van der Waals surface area (Å²) < 4.78 is 17.9. The van der Waals surface area contributed by atoms with Gasteiger partial charge in [-0.05, 0) is 13.0 Å². The minimum absolute atomic E-state index is 0.0342. The van der Waals surface area contributed by atoms with Crippen molar-refractivity contribution in [3.63, 3.8) is 0 Å². The Morgan fingerprint density at radius 3 is 2.33 bits per heavy atom. The van der Waals surface area contributed by atoms with Gasteiger partial charge in [0.1, 0.15) is 23.9 Å². The molecule has 3 rings (SSSR count). The number of nitrogens with two attached hydrogens (primary N) is 1. The summed E-state index contributed by atoms with van der Waals surface area (Å²) in [5.74, 6) is -2.60. The van der Waals surface area contributed by atoms with Crippen molar-refractivity contribution in [3.8, 4) is 0 Å². The molecule has 5 atom stereocenters. The van der Waals surface area contributed by atoms with Gasteiger partial charge in [-0.15, -0.1) is 0 Å². The summed E-state index contributed by atoms with van der Waals surface area (Å²) in [5.41, 5.74) is 5.71. The number of carbonyl (C=O) groups excluding carboxylic acids is 4. The van der Waals surface area contributed by atoms with Gasteiger partial charge in [0, 0.05) is 20.0 Å². The first-order chi connectivity index (χ1) is 17.0. The minimum Gasteiger partial charge on any atom is -0.456 e. The number of aliphatic hydroxyl groups is 1. The predicted octanol–water partition coefficient (Wildman–Crippen LogP) is -0.534. The Labute approximate surface area is 206 Å². The van der Waals surface area contributed by atoms with Gasteiger partial charge in [-0.2, -0.15) is 0 Å². The van der Waals surface area contributed by atoms with E-state index in [4.69, 9.17) is 19.9 Å². The van der Waals surface area contributed by atoms with E-state index in [1.807, 2.05) is 13.8 Å². The zero-order valence-electron chi connectivity index (χ0n) is 20.5. The Bertz CT molecular complexity index is 1160. The van der Waals surface area contributed by atoms with Gasteiger partial charge in [0.15, 0.2) is 18.4 Å². The van der Waals surface area contributed by atoms with Gasteiger partial charge < -0.3 is 40.3 Å². The number of hydrogen-bond donors (Lipinski definition) is 4. The van der Waals surface area contributed by atoms with E-state index in [1.54, 1.807) is 7.05 Å². The molecule has 1 saturated heterocycles. The number of anilines is 1. The molecule has 14 nitrogen and oxygen atoms in total. The molecule has 5 N–H and O–H groups in total. The van der Waals surface area contributed by atoms with Crippen LogP contribution in [-0.2, 0) is 28.6 Å². The van der Waals surface area contributed by atoms with Crippen LogP contribution in [0.3, 0.4) is 0 Å². The number of amides is 2. The molecule has 14 heteroatoms. The van der Waals surface area contributed by atoms with E-state index < -0.39 is 55.0 Å². The zero-order chi connectivity index (χ0) is 26.7. The molecule has 1 aliphatic heterocycles. The van der Waals surface area contributed by atoms with Gasteiger partial charge in [0.25, 0.3) is 5.91 Å². The summed E-state index contributed by atoms with van der Waals surface area (Å²) in [7, 11) is 1.65. The van der Waals surface area contributed by atoms with Gasteiger partial charge in [-0.3, -0.25) is 19.2 Å². The monoisotopic (exact) mass is 506 g/mol. The molecule has 196 valence electrons. The van der Waals surface area contributed by atoms with Crippen LogP contribution in [0, 0.1) is 5.92 Å². The van der Waals surface area contributed by atoms with Gasteiger partial charge in [-0.1, -0.05) is 13.8 Å². The fraction of sp³-hybridized carbons (Fsp3) is 0.545. The molecular formula is C22H30N6O8. The lowest BCUT2D eigenvalue weighted by Crippen LogP contribution is -2.42. The molecular weight excluding hydrogens is 476 g/mol. The first-order valence-corrected chi connectivity index (χ1v) is 11.2. The van der Waals surface area contributed by atoms with Crippen LogP contribution in [-0.4, -0.2) is 81.4 Å². The summed E-state index contributed by atoms with van der Waals surface area (Å²) >= 11 is 0. The number of rotatable bonds is 9. The van der Waals surface area contributed by atoms with Crippen molar-refractivity contribution >= 4 is 40.6 Å². The van der Waals surface area contributed by atoms with E-state index >= 15 is 0 Å². The topological polar surface area (TPSA) is 197 Å². The number of ether oxygens (including phenoxy) is 3. The van der Waals surface area contributed by atoms with Gasteiger partial charge in [0.05, 0.1) is 23.6 Å². The first-order valence-electron chi connectivity index (χ1n) is 11.2. The van der Waals surface area contributed by atoms with Crippen molar-refractivity contribution < 1.29 is 38.5 Å². The van der Waals surface area contributed by atoms with E-state index in [-0.39, 0.29) is 34.2 Å². The number of aromatic nitrogens is 3. The van der Waals surface area contributed by atoms with E-state index in [1.165, 1.54) is 30.9 Å². The predicted molar refractivity (Wildman–Crippen MR) is 124 cm³/mol. The number of carbonyl (C=O) groups is 4. The highest BCUT2D eigenvalue weighted by Crippen LogP contribution is 2.38. The number of fused-ring (bicyclic) bond motifs is 1. The molecule has 3 heterocycles. The summed E-state index contributed by atoms with van der Waals surface area (Å²) in [6.07, 6.45) is -2.04. The Hall–Kier alpha value is -3.62. The van der Waals surface area contributed by atoms with Crippen LogP contribution in [0.5, 0.6) is 0 Å². The van der Waals surface area contributed by atoms with Crippen molar-refractivity contribution in [1.29, 1.82) is 0 Å². The number of nitrogens with zero attached hydrogens (tertiary/aromatic N) is 3. The lowest BCUT2D eigenvalue weighted by atomic mass is 10.0. The number of hydrogen-bond acceptors (Lipinski definition) is 11. The molecule has 0 bridgehead atoms. The summed E-state index contributed by atoms with van der Waals surface area (Å²) in [6, 6.07) is -0.546. The SMILES string of the molecule is CNC(C(=O)Nc1ncnc2c1c(C(N)=O)cn2C1OC(CO)C(OC(C)=O)C1OC(C)=O)C(C)C. The maximum Gasteiger partial charge on any atom is 0.303 e. The first kappa shape index (κ1) is 27.0. The molecule has 0 saturated carbocycles. The molecule has 5 unspecified atom stereocenters. The van der Waals surface area contributed by atoms with Crippen molar-refractivity contribution in [3.05, 3.63) is 18.1 Å². The Morgan fingerprint density at radius 1 is 1.17 bits per heavy atom. The minimum atomic E-state index is -1.19. The second kappa shape index (κ2) is 11.0. The number of aliphatic hydroxyl groups excluding tert-OH is 1.